The fraction of sp³-hybridized carbons (Fsp3) is 0.808. The third-order valence-electron chi connectivity index (χ3n) is 7.88. The molecule has 0 unspecified atom stereocenters. The van der Waals surface area contributed by atoms with Crippen molar-refractivity contribution in [3.63, 3.8) is 0 Å². The number of Topliss-reactive ketones (excluding diaryl/α,β-unsaturated/α-hetero) is 1. The molecule has 37 heavy (non-hydrogen) atoms. The zero-order chi connectivity index (χ0) is 25.9. The van der Waals surface area contributed by atoms with E-state index in [0.29, 0.717) is 64.2 Å². The normalized spacial score (nSPS) is 35.3. The van der Waals surface area contributed by atoms with E-state index in [-0.39, 0.29) is 23.7 Å². The number of ether oxygens (including phenoxy) is 5. The lowest BCUT2D eigenvalue weighted by Crippen LogP contribution is -2.71. The van der Waals surface area contributed by atoms with Crippen LogP contribution in [0.5, 0.6) is 0 Å². The maximum atomic E-state index is 13.6. The Morgan fingerprint density at radius 3 is 1.54 bits per heavy atom. The highest BCUT2D eigenvalue weighted by Crippen LogP contribution is 2.45. The molecule has 0 aromatic heterocycles. The minimum atomic E-state index is -2.14. The van der Waals surface area contributed by atoms with Crippen LogP contribution in [0.4, 0.5) is 0 Å². The summed E-state index contributed by atoms with van der Waals surface area (Å²) in [5.41, 5.74) is -2.14. The van der Waals surface area contributed by atoms with Crippen LogP contribution in [0.25, 0.3) is 0 Å². The van der Waals surface area contributed by atoms with Crippen LogP contribution < -0.4 is 0 Å². The number of ketones is 1. The highest BCUT2D eigenvalue weighted by atomic mass is 16.7. The number of aliphatic hydroxyl groups is 1. The molecular weight excluding hydrogens is 488 g/mol. The summed E-state index contributed by atoms with van der Waals surface area (Å²) in [6, 6.07) is 0. The van der Waals surface area contributed by atoms with Gasteiger partial charge in [0.05, 0.1) is 23.7 Å². The van der Waals surface area contributed by atoms with Crippen LogP contribution in [0.3, 0.4) is 0 Å². The fourth-order valence-electron chi connectivity index (χ4n) is 4.62. The van der Waals surface area contributed by atoms with E-state index >= 15 is 0 Å². The Hall–Kier alpha value is -2.53. The Morgan fingerprint density at radius 2 is 1.05 bits per heavy atom. The van der Waals surface area contributed by atoms with Gasteiger partial charge in [-0.1, -0.05) is 0 Å². The molecule has 0 spiro atoms. The van der Waals surface area contributed by atoms with Crippen molar-refractivity contribution < 1.29 is 52.8 Å². The second kappa shape index (κ2) is 9.34. The van der Waals surface area contributed by atoms with Crippen LogP contribution in [0.15, 0.2) is 0 Å². The first kappa shape index (κ1) is 24.8. The van der Waals surface area contributed by atoms with Gasteiger partial charge in [0.1, 0.15) is 12.7 Å². The molecule has 202 valence electrons. The Balaban J connectivity index is 1.33. The van der Waals surface area contributed by atoms with Crippen molar-refractivity contribution in [2.24, 2.45) is 29.6 Å². The highest BCUT2D eigenvalue weighted by Gasteiger charge is 2.65. The van der Waals surface area contributed by atoms with Gasteiger partial charge in [-0.05, 0) is 64.2 Å². The van der Waals surface area contributed by atoms with Gasteiger partial charge < -0.3 is 28.8 Å². The molecule has 6 aliphatic rings. The number of hydrogen-bond acceptors (Lipinski definition) is 11. The van der Waals surface area contributed by atoms with Crippen molar-refractivity contribution in [2.45, 2.75) is 94.4 Å². The molecule has 1 N–H and O–H groups in total. The van der Waals surface area contributed by atoms with E-state index in [2.05, 4.69) is 0 Å². The van der Waals surface area contributed by atoms with E-state index in [9.17, 15) is 29.1 Å². The lowest BCUT2D eigenvalue weighted by molar-refractivity contribution is -0.324. The highest BCUT2D eigenvalue weighted by molar-refractivity contribution is 5.93. The topological polar surface area (TPSA) is 152 Å². The molecule has 0 radical (unpaired) electrons. The van der Waals surface area contributed by atoms with Gasteiger partial charge in [0.15, 0.2) is 17.5 Å². The van der Waals surface area contributed by atoms with E-state index in [0.717, 1.165) is 0 Å². The average Bonchev–Trinajstić information content (AvgIpc) is 3.74. The summed E-state index contributed by atoms with van der Waals surface area (Å²) in [5, 5.41) is 11.6. The predicted octanol–water partition coefficient (Wildman–Crippen LogP) is 0.971. The molecule has 6 rings (SSSR count). The SMILES string of the molecule is O=C(OC[C@@]1(C(=O)C2CC2)O[C@H](OC(=O)C2CC2)[C@H](OC(=O)C2CC2)[C@@H](OC(=O)C2CC2)[C@@H]1O)C1CC1. The third kappa shape index (κ3) is 5.25. The minimum Gasteiger partial charge on any atom is -0.462 e. The second-order valence-electron chi connectivity index (χ2n) is 11.4. The van der Waals surface area contributed by atoms with Crippen LogP contribution in [0, 0.1) is 29.6 Å². The quantitative estimate of drug-likeness (QED) is 0.306. The van der Waals surface area contributed by atoms with Gasteiger partial charge in [-0.3, -0.25) is 24.0 Å². The summed E-state index contributed by atoms with van der Waals surface area (Å²) in [6.07, 6.45) is -0.228. The van der Waals surface area contributed by atoms with Gasteiger partial charge in [0.25, 0.3) is 0 Å². The number of aliphatic hydroxyl groups excluding tert-OH is 1. The fourth-order valence-corrected chi connectivity index (χ4v) is 4.62. The zero-order valence-electron chi connectivity index (χ0n) is 20.5. The van der Waals surface area contributed by atoms with E-state index in [1.54, 1.807) is 0 Å². The molecule has 1 aliphatic heterocycles. The minimum absolute atomic E-state index is 0.270. The number of hydrogen-bond donors (Lipinski definition) is 1. The summed E-state index contributed by atoms with van der Waals surface area (Å²) >= 11 is 0. The molecular formula is C26H32O11. The van der Waals surface area contributed by atoms with Crippen LogP contribution in [-0.4, -0.2) is 71.6 Å². The second-order valence-corrected chi connectivity index (χ2v) is 11.4. The maximum absolute atomic E-state index is 13.6. The predicted molar refractivity (Wildman–Crippen MR) is 119 cm³/mol. The molecule has 0 bridgehead atoms. The summed E-state index contributed by atoms with van der Waals surface area (Å²) in [7, 11) is 0. The monoisotopic (exact) mass is 520 g/mol. The summed E-state index contributed by atoms with van der Waals surface area (Å²) in [4.78, 5) is 64.1. The van der Waals surface area contributed by atoms with Crippen LogP contribution in [0.1, 0.15) is 64.2 Å². The van der Waals surface area contributed by atoms with Crippen molar-refractivity contribution in [3.8, 4) is 0 Å². The Kier molecular flexibility index (Phi) is 6.26. The van der Waals surface area contributed by atoms with Crippen molar-refractivity contribution in [3.05, 3.63) is 0 Å². The number of rotatable bonds is 11. The molecule has 11 heteroatoms. The maximum Gasteiger partial charge on any atom is 0.311 e. The van der Waals surface area contributed by atoms with Gasteiger partial charge in [0, 0.05) is 5.92 Å². The Morgan fingerprint density at radius 1 is 0.622 bits per heavy atom. The summed E-state index contributed by atoms with van der Waals surface area (Å²) in [5.74, 6) is -4.57. The van der Waals surface area contributed by atoms with Crippen LogP contribution in [0.2, 0.25) is 0 Å². The van der Waals surface area contributed by atoms with Crippen molar-refractivity contribution in [1.29, 1.82) is 0 Å². The largest absolute Gasteiger partial charge is 0.462 e. The third-order valence-corrected chi connectivity index (χ3v) is 7.88. The van der Waals surface area contributed by atoms with E-state index in [1.807, 2.05) is 0 Å². The molecule has 0 amide bonds. The van der Waals surface area contributed by atoms with Gasteiger partial charge >= 0.3 is 23.9 Å². The molecule has 1 heterocycles. The Labute approximate surface area is 213 Å². The molecule has 1 saturated heterocycles. The molecule has 5 aliphatic carbocycles. The van der Waals surface area contributed by atoms with E-state index in [1.165, 1.54) is 0 Å². The molecule has 0 aromatic carbocycles. The van der Waals surface area contributed by atoms with Gasteiger partial charge in [0.2, 0.25) is 12.4 Å². The lowest BCUT2D eigenvalue weighted by Gasteiger charge is -2.48. The van der Waals surface area contributed by atoms with Crippen molar-refractivity contribution in [2.75, 3.05) is 6.61 Å². The Bertz CT molecular complexity index is 988. The van der Waals surface area contributed by atoms with E-state index < -0.39 is 72.4 Å². The zero-order valence-corrected chi connectivity index (χ0v) is 20.5. The smallest absolute Gasteiger partial charge is 0.311 e. The van der Waals surface area contributed by atoms with Gasteiger partial charge in [-0.2, -0.15) is 0 Å². The number of esters is 4. The summed E-state index contributed by atoms with van der Waals surface area (Å²) in [6.45, 7) is -0.628. The first-order chi connectivity index (χ1) is 17.8. The first-order valence-electron chi connectivity index (χ1n) is 13.4. The standard InChI is InChI=1S/C26H32O11/c27-19(12-1-2-12)26(11-33-21(29)13-3-4-13)20(28)17(34-22(30)14-5-6-14)18(35-23(31)15-7-8-15)25(37-26)36-24(32)16-9-10-16/h12-18,20,25,28H,1-11H2/t17-,18-,20+,25+,26+/m1/s1. The van der Waals surface area contributed by atoms with Crippen molar-refractivity contribution >= 4 is 29.7 Å². The molecule has 0 aromatic rings. The van der Waals surface area contributed by atoms with Crippen LogP contribution in [-0.2, 0) is 47.7 Å². The van der Waals surface area contributed by atoms with E-state index in [4.69, 9.17) is 23.7 Å². The number of carbonyl (C=O) groups is 5. The number of carbonyl (C=O) groups excluding carboxylic acids is 5. The van der Waals surface area contributed by atoms with Gasteiger partial charge in [-0.25, -0.2) is 0 Å². The van der Waals surface area contributed by atoms with Crippen LogP contribution >= 0.6 is 0 Å². The van der Waals surface area contributed by atoms with Gasteiger partial charge in [-0.15, -0.1) is 0 Å². The molecule has 5 saturated carbocycles. The molecule has 11 nitrogen and oxygen atoms in total. The lowest BCUT2D eigenvalue weighted by atomic mass is 9.81. The summed E-state index contributed by atoms with van der Waals surface area (Å²) < 4.78 is 28.4. The average molecular weight is 521 g/mol. The van der Waals surface area contributed by atoms with Crippen molar-refractivity contribution in [1.82, 2.24) is 0 Å². The first-order valence-corrected chi connectivity index (χ1v) is 13.4. The molecule has 6 fully saturated rings. The molecule has 5 atom stereocenters.